The third-order valence-electron chi connectivity index (χ3n) is 7.53. The van der Waals surface area contributed by atoms with E-state index in [1.54, 1.807) is 7.11 Å². The highest BCUT2D eigenvalue weighted by Crippen LogP contribution is 2.41. The maximum absolute atomic E-state index is 12.4. The van der Waals surface area contributed by atoms with Crippen LogP contribution < -0.4 is 4.74 Å². The number of carboxylic acid groups (broad SMARTS) is 1. The van der Waals surface area contributed by atoms with E-state index in [-0.39, 0.29) is 0 Å². The first-order chi connectivity index (χ1) is 17.8. The summed E-state index contributed by atoms with van der Waals surface area (Å²) in [5.41, 5.74) is 1.76. The van der Waals surface area contributed by atoms with Crippen molar-refractivity contribution >= 4 is 40.2 Å². The molecule has 1 saturated heterocycles. The average Bonchev–Trinajstić information content (AvgIpc) is 2.90. The molecule has 0 unspecified atom stereocenters. The van der Waals surface area contributed by atoms with Crippen LogP contribution in [-0.4, -0.2) is 58.6 Å². The Morgan fingerprint density at radius 2 is 2.00 bits per heavy atom. The molecular weight excluding hydrogens is 508 g/mol. The quantitative estimate of drug-likeness (QED) is 0.215. The fraction of sp³-hybridized carbons (Fsp3) is 0.448. The Hall–Kier alpha value is -2.32. The number of aliphatic carboxylic acids is 1. The van der Waals surface area contributed by atoms with Gasteiger partial charge < -0.3 is 19.8 Å². The summed E-state index contributed by atoms with van der Waals surface area (Å²) in [6.45, 7) is 4.62. The molecule has 0 aliphatic carbocycles. The third kappa shape index (κ3) is 6.58. The zero-order valence-electron chi connectivity index (χ0n) is 21.5. The zero-order chi connectivity index (χ0) is 26.4. The SMILES string of the molecule is COc1ccc2ncc(Cl)c([C@@H](O)CCC3(C(=O)O)CCN(CCCSc4ccccc4C)CC3)c2c1. The minimum Gasteiger partial charge on any atom is -0.497 e. The molecule has 1 aliphatic rings. The number of rotatable bonds is 11. The van der Waals surface area contributed by atoms with Crippen LogP contribution in [0.4, 0.5) is 0 Å². The summed E-state index contributed by atoms with van der Waals surface area (Å²) in [6, 6.07) is 13.9. The number of fused-ring (bicyclic) bond motifs is 1. The average molecular weight is 543 g/mol. The van der Waals surface area contributed by atoms with Crippen molar-refractivity contribution in [2.75, 3.05) is 32.5 Å². The van der Waals surface area contributed by atoms with Crippen molar-refractivity contribution in [3.8, 4) is 5.75 Å². The van der Waals surface area contributed by atoms with E-state index < -0.39 is 17.5 Å². The number of methoxy groups -OCH3 is 1. The van der Waals surface area contributed by atoms with Crippen molar-refractivity contribution in [2.45, 2.75) is 50.0 Å². The van der Waals surface area contributed by atoms with E-state index in [0.717, 1.165) is 37.2 Å². The maximum Gasteiger partial charge on any atom is 0.309 e. The molecule has 198 valence electrons. The van der Waals surface area contributed by atoms with Crippen LogP contribution in [0.15, 0.2) is 53.6 Å². The molecule has 37 heavy (non-hydrogen) atoms. The molecule has 0 bridgehead atoms. The second-order valence-corrected chi connectivity index (χ2v) is 11.4. The van der Waals surface area contributed by atoms with Crippen LogP contribution in [0.5, 0.6) is 5.75 Å². The lowest BCUT2D eigenvalue weighted by atomic mass is 9.74. The predicted molar refractivity (Wildman–Crippen MR) is 150 cm³/mol. The van der Waals surface area contributed by atoms with Crippen molar-refractivity contribution < 1.29 is 19.7 Å². The Labute approximate surface area is 228 Å². The van der Waals surface area contributed by atoms with Gasteiger partial charge in [0.25, 0.3) is 0 Å². The molecule has 1 aromatic heterocycles. The number of aliphatic hydroxyl groups excluding tert-OH is 1. The highest BCUT2D eigenvalue weighted by atomic mass is 35.5. The van der Waals surface area contributed by atoms with Crippen molar-refractivity contribution in [3.63, 3.8) is 0 Å². The predicted octanol–water partition coefficient (Wildman–Crippen LogP) is 6.37. The minimum atomic E-state index is -0.891. The summed E-state index contributed by atoms with van der Waals surface area (Å²) in [5, 5.41) is 22.4. The third-order valence-corrected chi connectivity index (χ3v) is 9.10. The first-order valence-corrected chi connectivity index (χ1v) is 14.1. The van der Waals surface area contributed by atoms with Gasteiger partial charge in [-0.1, -0.05) is 29.8 Å². The summed E-state index contributed by atoms with van der Waals surface area (Å²) in [6.07, 6.45) is 3.59. The van der Waals surface area contributed by atoms with Crippen LogP contribution >= 0.6 is 23.4 Å². The normalized spacial score (nSPS) is 16.5. The highest BCUT2D eigenvalue weighted by Gasteiger charge is 2.41. The van der Waals surface area contributed by atoms with E-state index in [9.17, 15) is 15.0 Å². The number of aryl methyl sites for hydroxylation is 1. The van der Waals surface area contributed by atoms with Crippen molar-refractivity contribution in [3.05, 3.63) is 64.8 Å². The summed E-state index contributed by atoms with van der Waals surface area (Å²) in [7, 11) is 1.58. The van der Waals surface area contributed by atoms with Crippen molar-refractivity contribution in [1.29, 1.82) is 0 Å². The van der Waals surface area contributed by atoms with Crippen molar-refractivity contribution in [1.82, 2.24) is 9.88 Å². The number of aromatic nitrogens is 1. The number of benzene rings is 2. The number of thioether (sulfide) groups is 1. The Balaban J connectivity index is 1.33. The number of ether oxygens (including phenoxy) is 1. The van der Waals surface area contributed by atoms with E-state index in [2.05, 4.69) is 41.1 Å². The molecule has 4 rings (SSSR count). The van der Waals surface area contributed by atoms with Crippen LogP contribution in [0.25, 0.3) is 10.9 Å². The standard InChI is InChI=1S/C29H35ClN2O4S/c1-20-6-3-4-7-26(20)37-17-5-14-32-15-12-29(13-16-32,28(34)35)11-10-25(33)27-22-18-21(36-2)8-9-24(22)31-19-23(27)30/h3-4,6-9,18-19,25,33H,5,10-17H2,1-2H3,(H,34,35)/t25-/m0/s1. The molecule has 6 nitrogen and oxygen atoms in total. The van der Waals surface area contributed by atoms with E-state index >= 15 is 0 Å². The molecule has 1 aliphatic heterocycles. The van der Waals surface area contributed by atoms with Crippen LogP contribution in [0, 0.1) is 12.3 Å². The Bertz CT molecular complexity index is 1230. The molecule has 1 atom stereocenters. The second-order valence-electron chi connectivity index (χ2n) is 9.85. The Kier molecular flexibility index (Phi) is 9.35. The molecule has 0 radical (unpaired) electrons. The van der Waals surface area contributed by atoms with Crippen molar-refractivity contribution in [2.24, 2.45) is 5.41 Å². The van der Waals surface area contributed by atoms with Gasteiger partial charge in [0.1, 0.15) is 5.75 Å². The lowest BCUT2D eigenvalue weighted by Crippen LogP contribution is -2.44. The molecule has 1 fully saturated rings. The van der Waals surface area contributed by atoms with Gasteiger partial charge in [-0.3, -0.25) is 9.78 Å². The number of nitrogens with zero attached hydrogens (tertiary/aromatic N) is 2. The first-order valence-electron chi connectivity index (χ1n) is 12.8. The molecule has 2 N–H and O–H groups in total. The number of piperidine rings is 1. The largest absolute Gasteiger partial charge is 0.497 e. The number of hydrogen-bond donors (Lipinski definition) is 2. The fourth-order valence-corrected chi connectivity index (χ4v) is 6.40. The van der Waals surface area contributed by atoms with Crippen LogP contribution in [0.2, 0.25) is 5.02 Å². The number of pyridine rings is 1. The molecule has 2 aromatic carbocycles. The van der Waals surface area contributed by atoms with Crippen LogP contribution in [0.1, 0.15) is 49.3 Å². The first kappa shape index (κ1) is 27.7. The monoisotopic (exact) mass is 542 g/mol. The van der Waals surface area contributed by atoms with Gasteiger partial charge in [0, 0.05) is 22.0 Å². The summed E-state index contributed by atoms with van der Waals surface area (Å²) in [5.74, 6) is 0.918. The maximum atomic E-state index is 12.4. The van der Waals surface area contributed by atoms with E-state index in [1.165, 1.54) is 16.7 Å². The van der Waals surface area contributed by atoms with Crippen LogP contribution in [-0.2, 0) is 4.79 Å². The lowest BCUT2D eigenvalue weighted by molar-refractivity contribution is -0.153. The summed E-state index contributed by atoms with van der Waals surface area (Å²) >= 11 is 8.33. The molecule has 0 amide bonds. The number of aliphatic hydroxyl groups is 1. The molecule has 0 saturated carbocycles. The Morgan fingerprint density at radius 3 is 2.70 bits per heavy atom. The Morgan fingerprint density at radius 1 is 1.24 bits per heavy atom. The molecular formula is C29H35ClN2O4S. The molecule has 0 spiro atoms. The fourth-order valence-electron chi connectivity index (χ4n) is 5.15. The number of carbonyl (C=O) groups is 1. The van der Waals surface area contributed by atoms with Gasteiger partial charge in [-0.25, -0.2) is 0 Å². The van der Waals surface area contributed by atoms with Gasteiger partial charge in [-0.15, -0.1) is 11.8 Å². The molecule has 8 heteroatoms. The van der Waals surface area contributed by atoms with E-state index in [0.29, 0.717) is 47.5 Å². The van der Waals surface area contributed by atoms with Crippen LogP contribution in [0.3, 0.4) is 0 Å². The molecule has 2 heterocycles. The van der Waals surface area contributed by atoms with Gasteiger partial charge in [-0.2, -0.15) is 0 Å². The number of likely N-dealkylation sites (tertiary alicyclic amines) is 1. The number of carboxylic acids is 1. The van der Waals surface area contributed by atoms with Gasteiger partial charge in [0.15, 0.2) is 0 Å². The molecule has 3 aromatic rings. The minimum absolute atomic E-state index is 0.315. The second kappa shape index (κ2) is 12.5. The smallest absolute Gasteiger partial charge is 0.309 e. The van der Waals surface area contributed by atoms with Gasteiger partial charge in [0.2, 0.25) is 0 Å². The van der Waals surface area contributed by atoms with Gasteiger partial charge in [0.05, 0.1) is 29.2 Å². The number of halogens is 1. The number of hydrogen-bond acceptors (Lipinski definition) is 6. The summed E-state index contributed by atoms with van der Waals surface area (Å²) in [4.78, 5) is 20.4. The topological polar surface area (TPSA) is 82.9 Å². The van der Waals surface area contributed by atoms with Gasteiger partial charge in [-0.05, 0) is 94.2 Å². The van der Waals surface area contributed by atoms with Gasteiger partial charge >= 0.3 is 5.97 Å². The summed E-state index contributed by atoms with van der Waals surface area (Å²) < 4.78 is 5.34. The van der Waals surface area contributed by atoms with E-state index in [4.69, 9.17) is 16.3 Å². The van der Waals surface area contributed by atoms with E-state index in [1.807, 2.05) is 30.0 Å². The highest BCUT2D eigenvalue weighted by molar-refractivity contribution is 7.99. The lowest BCUT2D eigenvalue weighted by Gasteiger charge is -2.39. The zero-order valence-corrected chi connectivity index (χ0v) is 23.0.